The summed E-state index contributed by atoms with van der Waals surface area (Å²) < 4.78 is 9.87. The Hall–Kier alpha value is -3.36. The maximum absolute atomic E-state index is 12.4. The Bertz CT molecular complexity index is 786. The van der Waals surface area contributed by atoms with Gasteiger partial charge in [0.1, 0.15) is 11.5 Å². The normalized spacial score (nSPS) is 10.2. The molecule has 2 amide bonds. The number of carboxylic acids is 1. The topological polar surface area (TPSA) is 122 Å². The number of aliphatic carboxylic acids is 1. The van der Waals surface area contributed by atoms with Gasteiger partial charge in [-0.05, 0) is 25.1 Å². The lowest BCUT2D eigenvalue weighted by Crippen LogP contribution is -2.35. The molecule has 0 aliphatic heterocycles. The van der Waals surface area contributed by atoms with Crippen molar-refractivity contribution in [1.29, 1.82) is 0 Å². The molecule has 0 saturated heterocycles. The SMILES string of the molecule is Cc1cc(NC(=O)CN(C)C(=O)c2cccc(OCC(=O)O)c2)no1. The van der Waals surface area contributed by atoms with Gasteiger partial charge < -0.3 is 24.6 Å². The van der Waals surface area contributed by atoms with Gasteiger partial charge in [0.2, 0.25) is 5.91 Å². The molecule has 2 N–H and O–H groups in total. The summed E-state index contributed by atoms with van der Waals surface area (Å²) in [6.07, 6.45) is 0. The number of benzene rings is 1. The van der Waals surface area contributed by atoms with E-state index in [1.807, 2.05) is 0 Å². The van der Waals surface area contributed by atoms with Crippen molar-refractivity contribution < 1.29 is 28.8 Å². The highest BCUT2D eigenvalue weighted by molar-refractivity contribution is 5.99. The van der Waals surface area contributed by atoms with E-state index in [0.29, 0.717) is 5.76 Å². The molecule has 0 fully saturated rings. The quantitative estimate of drug-likeness (QED) is 0.770. The van der Waals surface area contributed by atoms with Crippen LogP contribution in [0, 0.1) is 6.92 Å². The Labute approximate surface area is 143 Å². The zero-order chi connectivity index (χ0) is 18.4. The third-order valence-corrected chi connectivity index (χ3v) is 3.07. The second-order valence-corrected chi connectivity index (χ2v) is 5.24. The number of aromatic nitrogens is 1. The Morgan fingerprint density at radius 1 is 1.32 bits per heavy atom. The maximum atomic E-state index is 12.4. The van der Waals surface area contributed by atoms with Crippen LogP contribution in [-0.4, -0.2) is 53.1 Å². The summed E-state index contributed by atoms with van der Waals surface area (Å²) in [5, 5.41) is 14.8. The minimum Gasteiger partial charge on any atom is -0.482 e. The molecule has 25 heavy (non-hydrogen) atoms. The molecular weight excluding hydrogens is 330 g/mol. The van der Waals surface area contributed by atoms with Crippen LogP contribution < -0.4 is 10.1 Å². The number of ether oxygens (including phenoxy) is 1. The van der Waals surface area contributed by atoms with Crippen molar-refractivity contribution in [2.45, 2.75) is 6.92 Å². The summed E-state index contributed by atoms with van der Waals surface area (Å²) >= 11 is 0. The molecule has 9 heteroatoms. The molecule has 2 rings (SSSR count). The molecule has 0 spiro atoms. The monoisotopic (exact) mass is 347 g/mol. The molecule has 1 aromatic heterocycles. The maximum Gasteiger partial charge on any atom is 0.341 e. The summed E-state index contributed by atoms with van der Waals surface area (Å²) in [7, 11) is 1.47. The summed E-state index contributed by atoms with van der Waals surface area (Å²) in [5.74, 6) is -0.877. The number of nitrogens with one attached hydrogen (secondary N) is 1. The number of rotatable bonds is 7. The number of hydrogen-bond donors (Lipinski definition) is 2. The first kappa shape index (κ1) is 18.0. The molecule has 0 aliphatic carbocycles. The van der Waals surface area contributed by atoms with Gasteiger partial charge in [-0.1, -0.05) is 11.2 Å². The van der Waals surface area contributed by atoms with Crippen molar-refractivity contribution in [2.75, 3.05) is 25.5 Å². The molecule has 0 atom stereocenters. The molecule has 0 unspecified atom stereocenters. The van der Waals surface area contributed by atoms with Gasteiger partial charge in [0.05, 0.1) is 6.54 Å². The lowest BCUT2D eigenvalue weighted by Gasteiger charge is -2.16. The van der Waals surface area contributed by atoms with Crippen LogP contribution in [0.3, 0.4) is 0 Å². The Balaban J connectivity index is 1.95. The summed E-state index contributed by atoms with van der Waals surface area (Å²) in [5.41, 5.74) is 0.274. The minimum absolute atomic E-state index is 0.190. The van der Waals surface area contributed by atoms with E-state index in [0.717, 1.165) is 0 Å². The average Bonchev–Trinajstić information content (AvgIpc) is 2.97. The number of hydrogen-bond acceptors (Lipinski definition) is 6. The van der Waals surface area contributed by atoms with Crippen molar-refractivity contribution in [3.05, 3.63) is 41.7 Å². The predicted molar refractivity (Wildman–Crippen MR) is 86.4 cm³/mol. The number of carbonyl (C=O) groups is 3. The van der Waals surface area contributed by atoms with E-state index < -0.39 is 24.4 Å². The first-order chi connectivity index (χ1) is 11.8. The van der Waals surface area contributed by atoms with Crippen molar-refractivity contribution in [3.63, 3.8) is 0 Å². The van der Waals surface area contributed by atoms with Crippen molar-refractivity contribution in [2.24, 2.45) is 0 Å². The van der Waals surface area contributed by atoms with Crippen LogP contribution in [0.25, 0.3) is 0 Å². The number of likely N-dealkylation sites (N-methyl/N-ethyl adjacent to an activating group) is 1. The fourth-order valence-electron chi connectivity index (χ4n) is 1.98. The fraction of sp³-hybridized carbons (Fsp3) is 0.250. The zero-order valence-electron chi connectivity index (χ0n) is 13.7. The van der Waals surface area contributed by atoms with Crippen LogP contribution in [-0.2, 0) is 9.59 Å². The van der Waals surface area contributed by atoms with Gasteiger partial charge in [-0.25, -0.2) is 4.79 Å². The van der Waals surface area contributed by atoms with E-state index in [4.69, 9.17) is 14.4 Å². The third kappa shape index (κ3) is 5.34. The number of nitrogens with zero attached hydrogens (tertiary/aromatic N) is 2. The number of carbonyl (C=O) groups excluding carboxylic acids is 2. The average molecular weight is 347 g/mol. The first-order valence-corrected chi connectivity index (χ1v) is 7.28. The van der Waals surface area contributed by atoms with Gasteiger partial charge in [0.15, 0.2) is 12.4 Å². The van der Waals surface area contributed by atoms with Crippen molar-refractivity contribution in [1.82, 2.24) is 10.1 Å². The van der Waals surface area contributed by atoms with E-state index in [9.17, 15) is 14.4 Å². The highest BCUT2D eigenvalue weighted by Crippen LogP contribution is 2.15. The van der Waals surface area contributed by atoms with Crippen LogP contribution in [0.1, 0.15) is 16.1 Å². The number of aryl methyl sites for hydroxylation is 1. The molecule has 0 bridgehead atoms. The molecule has 1 aromatic carbocycles. The second-order valence-electron chi connectivity index (χ2n) is 5.24. The van der Waals surface area contributed by atoms with Crippen LogP contribution in [0.4, 0.5) is 5.82 Å². The molecule has 0 aliphatic rings. The van der Waals surface area contributed by atoms with E-state index in [2.05, 4.69) is 10.5 Å². The summed E-state index contributed by atoms with van der Waals surface area (Å²) in [6, 6.07) is 7.63. The van der Waals surface area contributed by atoms with E-state index in [-0.39, 0.29) is 23.7 Å². The van der Waals surface area contributed by atoms with Crippen LogP contribution in [0.15, 0.2) is 34.9 Å². The number of amides is 2. The van der Waals surface area contributed by atoms with E-state index >= 15 is 0 Å². The molecule has 132 valence electrons. The lowest BCUT2D eigenvalue weighted by atomic mass is 10.2. The summed E-state index contributed by atoms with van der Waals surface area (Å²) in [6.45, 7) is 0.996. The molecular formula is C16H17N3O6. The fourth-order valence-corrected chi connectivity index (χ4v) is 1.98. The van der Waals surface area contributed by atoms with Crippen LogP contribution in [0.5, 0.6) is 5.75 Å². The first-order valence-electron chi connectivity index (χ1n) is 7.28. The molecule has 9 nitrogen and oxygen atoms in total. The smallest absolute Gasteiger partial charge is 0.341 e. The Morgan fingerprint density at radius 2 is 2.08 bits per heavy atom. The highest BCUT2D eigenvalue weighted by Gasteiger charge is 2.16. The third-order valence-electron chi connectivity index (χ3n) is 3.07. The minimum atomic E-state index is -1.12. The number of anilines is 1. The van der Waals surface area contributed by atoms with Gasteiger partial charge in [0, 0.05) is 18.7 Å². The second kappa shape index (κ2) is 7.95. The van der Waals surface area contributed by atoms with Crippen molar-refractivity contribution in [3.8, 4) is 5.75 Å². The van der Waals surface area contributed by atoms with E-state index in [1.165, 1.54) is 18.0 Å². The molecule has 0 radical (unpaired) electrons. The van der Waals surface area contributed by atoms with Gasteiger partial charge in [-0.3, -0.25) is 9.59 Å². The predicted octanol–water partition coefficient (Wildman–Crippen LogP) is 1.16. The molecule has 0 saturated carbocycles. The Kier molecular flexibility index (Phi) is 5.72. The standard InChI is InChI=1S/C16H17N3O6/c1-10-6-13(18-25-10)17-14(20)8-19(2)16(23)11-4-3-5-12(7-11)24-9-15(21)22/h3-7H,8-9H2,1-2H3,(H,21,22)(H,17,18,20). The lowest BCUT2D eigenvalue weighted by molar-refractivity contribution is -0.139. The number of carboxylic acid groups (broad SMARTS) is 1. The van der Waals surface area contributed by atoms with Gasteiger partial charge in [-0.2, -0.15) is 0 Å². The largest absolute Gasteiger partial charge is 0.482 e. The molecule has 2 aromatic rings. The van der Waals surface area contributed by atoms with Gasteiger partial charge >= 0.3 is 5.97 Å². The van der Waals surface area contributed by atoms with E-state index in [1.54, 1.807) is 31.2 Å². The molecule has 1 heterocycles. The van der Waals surface area contributed by atoms with Crippen LogP contribution in [0.2, 0.25) is 0 Å². The highest BCUT2D eigenvalue weighted by atomic mass is 16.5. The van der Waals surface area contributed by atoms with Crippen LogP contribution >= 0.6 is 0 Å². The Morgan fingerprint density at radius 3 is 2.72 bits per heavy atom. The van der Waals surface area contributed by atoms with Crippen molar-refractivity contribution >= 4 is 23.6 Å². The zero-order valence-corrected chi connectivity index (χ0v) is 13.7. The summed E-state index contributed by atoms with van der Waals surface area (Å²) in [4.78, 5) is 36.0. The van der Waals surface area contributed by atoms with Gasteiger partial charge in [-0.15, -0.1) is 0 Å². The van der Waals surface area contributed by atoms with Gasteiger partial charge in [0.25, 0.3) is 5.91 Å².